The third-order valence-electron chi connectivity index (χ3n) is 2.94. The highest BCUT2D eigenvalue weighted by Crippen LogP contribution is 2.22. The van der Waals surface area contributed by atoms with Crippen LogP contribution in [0.3, 0.4) is 0 Å². The van der Waals surface area contributed by atoms with Crippen molar-refractivity contribution in [2.24, 2.45) is 0 Å². The Morgan fingerprint density at radius 3 is 2.62 bits per heavy atom. The largest absolute Gasteiger partial charge is 0.313 e. The topological polar surface area (TPSA) is 29.1 Å². The van der Waals surface area contributed by atoms with Gasteiger partial charge in [-0.15, -0.1) is 0 Å². The lowest BCUT2D eigenvalue weighted by Gasteiger charge is -2.19. The fraction of sp³-hybridized carbons (Fsp3) is 0.500. The first kappa shape index (κ1) is 12.9. The summed E-state index contributed by atoms with van der Waals surface area (Å²) in [6.07, 6.45) is 1.51. The Morgan fingerprint density at radius 1 is 1.38 bits per heavy atom. The molecule has 0 amide bonds. The van der Waals surface area contributed by atoms with E-state index < -0.39 is 0 Å². The lowest BCUT2D eigenvalue weighted by Crippen LogP contribution is -2.18. The SMILES string of the molecule is CNC(CCC(C)=O)c1cc(C)ccc1C. The second-order valence-electron chi connectivity index (χ2n) is 4.44. The molecule has 1 unspecified atom stereocenters. The van der Waals surface area contributed by atoms with E-state index in [1.54, 1.807) is 6.92 Å². The maximum Gasteiger partial charge on any atom is 0.129 e. The molecule has 16 heavy (non-hydrogen) atoms. The summed E-state index contributed by atoms with van der Waals surface area (Å²) in [5.74, 6) is 0.255. The van der Waals surface area contributed by atoms with Gasteiger partial charge in [0.1, 0.15) is 5.78 Å². The molecular formula is C14H21NO. The summed E-state index contributed by atoms with van der Waals surface area (Å²) < 4.78 is 0. The molecule has 0 saturated heterocycles. The van der Waals surface area contributed by atoms with Crippen molar-refractivity contribution in [1.82, 2.24) is 5.32 Å². The number of benzene rings is 1. The third kappa shape index (κ3) is 3.46. The monoisotopic (exact) mass is 219 g/mol. The molecule has 0 aliphatic heterocycles. The minimum atomic E-state index is 0.255. The summed E-state index contributed by atoms with van der Waals surface area (Å²) in [6, 6.07) is 6.75. The number of hydrogen-bond donors (Lipinski definition) is 1. The van der Waals surface area contributed by atoms with E-state index in [1.807, 2.05) is 7.05 Å². The highest BCUT2D eigenvalue weighted by Gasteiger charge is 2.12. The summed E-state index contributed by atoms with van der Waals surface area (Å²) in [4.78, 5) is 11.0. The molecule has 1 aromatic rings. The van der Waals surface area contributed by atoms with Crippen LogP contribution in [0, 0.1) is 13.8 Å². The van der Waals surface area contributed by atoms with Gasteiger partial charge in [-0.25, -0.2) is 0 Å². The Morgan fingerprint density at radius 2 is 2.06 bits per heavy atom. The van der Waals surface area contributed by atoms with Crippen LogP contribution in [0.15, 0.2) is 18.2 Å². The predicted octanol–water partition coefficient (Wildman–Crippen LogP) is 2.93. The van der Waals surface area contributed by atoms with E-state index in [-0.39, 0.29) is 11.8 Å². The Balaban J connectivity index is 2.85. The molecule has 1 rings (SSSR count). The van der Waals surface area contributed by atoms with Crippen LogP contribution in [0.5, 0.6) is 0 Å². The molecule has 0 radical (unpaired) electrons. The smallest absolute Gasteiger partial charge is 0.129 e. The van der Waals surface area contributed by atoms with Gasteiger partial charge in [0.25, 0.3) is 0 Å². The Hall–Kier alpha value is -1.15. The minimum Gasteiger partial charge on any atom is -0.313 e. The van der Waals surface area contributed by atoms with Gasteiger partial charge < -0.3 is 10.1 Å². The summed E-state index contributed by atoms with van der Waals surface area (Å²) in [5, 5.41) is 3.29. The van der Waals surface area contributed by atoms with E-state index in [2.05, 4.69) is 37.4 Å². The number of nitrogens with one attached hydrogen (secondary N) is 1. The van der Waals surface area contributed by atoms with Crippen molar-refractivity contribution in [2.75, 3.05) is 7.05 Å². The van der Waals surface area contributed by atoms with E-state index in [0.29, 0.717) is 6.42 Å². The third-order valence-corrected chi connectivity index (χ3v) is 2.94. The van der Waals surface area contributed by atoms with Crippen molar-refractivity contribution in [3.63, 3.8) is 0 Å². The molecule has 1 aromatic carbocycles. The first-order chi connectivity index (χ1) is 7.54. The number of carbonyl (C=O) groups is 1. The Kier molecular flexibility index (Phi) is 4.69. The molecule has 0 bridgehead atoms. The molecule has 0 aliphatic rings. The van der Waals surface area contributed by atoms with Crippen LogP contribution in [0.2, 0.25) is 0 Å². The molecule has 2 nitrogen and oxygen atoms in total. The average Bonchev–Trinajstić information content (AvgIpc) is 2.23. The molecule has 2 heteroatoms. The molecule has 88 valence electrons. The fourth-order valence-electron chi connectivity index (χ4n) is 1.94. The van der Waals surface area contributed by atoms with Gasteiger partial charge in [-0.3, -0.25) is 0 Å². The van der Waals surface area contributed by atoms with Crippen molar-refractivity contribution in [3.05, 3.63) is 34.9 Å². The predicted molar refractivity (Wildman–Crippen MR) is 67.6 cm³/mol. The van der Waals surface area contributed by atoms with Crippen LogP contribution in [-0.4, -0.2) is 12.8 Å². The zero-order valence-electron chi connectivity index (χ0n) is 10.6. The lowest BCUT2D eigenvalue weighted by molar-refractivity contribution is -0.117. The van der Waals surface area contributed by atoms with Gasteiger partial charge in [0.2, 0.25) is 0 Å². The van der Waals surface area contributed by atoms with Crippen molar-refractivity contribution in [1.29, 1.82) is 0 Å². The van der Waals surface area contributed by atoms with Gasteiger partial charge in [-0.2, -0.15) is 0 Å². The molecular weight excluding hydrogens is 198 g/mol. The van der Waals surface area contributed by atoms with E-state index in [9.17, 15) is 4.79 Å². The summed E-state index contributed by atoms with van der Waals surface area (Å²) in [6.45, 7) is 5.86. The van der Waals surface area contributed by atoms with Gasteiger partial charge in [0.15, 0.2) is 0 Å². The fourth-order valence-corrected chi connectivity index (χ4v) is 1.94. The molecule has 0 fully saturated rings. The van der Waals surface area contributed by atoms with Crippen molar-refractivity contribution in [2.45, 2.75) is 39.7 Å². The molecule has 0 aromatic heterocycles. The number of Topliss-reactive ketones (excluding diaryl/α,β-unsaturated/α-hetero) is 1. The summed E-state index contributed by atoms with van der Waals surface area (Å²) >= 11 is 0. The molecule has 1 atom stereocenters. The lowest BCUT2D eigenvalue weighted by atomic mass is 9.95. The minimum absolute atomic E-state index is 0.255. The van der Waals surface area contributed by atoms with Gasteiger partial charge >= 0.3 is 0 Å². The van der Waals surface area contributed by atoms with Crippen LogP contribution in [0.25, 0.3) is 0 Å². The number of aryl methyl sites for hydroxylation is 2. The first-order valence-electron chi connectivity index (χ1n) is 5.78. The molecule has 1 N–H and O–H groups in total. The molecule has 0 saturated carbocycles. The number of rotatable bonds is 5. The first-order valence-corrected chi connectivity index (χ1v) is 5.78. The average molecular weight is 219 g/mol. The van der Waals surface area contributed by atoms with Crippen LogP contribution in [-0.2, 0) is 4.79 Å². The number of ketones is 1. The molecule has 0 spiro atoms. The van der Waals surface area contributed by atoms with Crippen molar-refractivity contribution in [3.8, 4) is 0 Å². The van der Waals surface area contributed by atoms with Crippen LogP contribution < -0.4 is 5.32 Å². The second-order valence-corrected chi connectivity index (χ2v) is 4.44. The zero-order valence-corrected chi connectivity index (χ0v) is 10.6. The normalized spacial score (nSPS) is 12.5. The summed E-state index contributed by atoms with van der Waals surface area (Å²) in [5.41, 5.74) is 3.86. The van der Waals surface area contributed by atoms with Crippen LogP contribution in [0.4, 0.5) is 0 Å². The Labute approximate surface area is 98.1 Å². The standard InChI is InChI=1S/C14H21NO/c1-10-5-6-11(2)13(9-10)14(15-4)8-7-12(3)16/h5-6,9,14-15H,7-8H2,1-4H3. The van der Waals surface area contributed by atoms with Gasteiger partial charge in [-0.05, 0) is 45.4 Å². The van der Waals surface area contributed by atoms with E-state index in [1.165, 1.54) is 16.7 Å². The maximum atomic E-state index is 11.0. The van der Waals surface area contributed by atoms with Gasteiger partial charge in [0.05, 0.1) is 0 Å². The Bertz CT molecular complexity index is 371. The highest BCUT2D eigenvalue weighted by atomic mass is 16.1. The van der Waals surface area contributed by atoms with Crippen molar-refractivity contribution < 1.29 is 4.79 Å². The number of hydrogen-bond acceptors (Lipinski definition) is 2. The quantitative estimate of drug-likeness (QED) is 0.825. The molecule has 0 aliphatic carbocycles. The van der Waals surface area contributed by atoms with Gasteiger partial charge in [0, 0.05) is 12.5 Å². The van der Waals surface area contributed by atoms with Gasteiger partial charge in [-0.1, -0.05) is 23.8 Å². The van der Waals surface area contributed by atoms with E-state index in [0.717, 1.165) is 6.42 Å². The van der Waals surface area contributed by atoms with E-state index in [4.69, 9.17) is 0 Å². The van der Waals surface area contributed by atoms with Crippen LogP contribution >= 0.6 is 0 Å². The zero-order chi connectivity index (χ0) is 12.1. The van der Waals surface area contributed by atoms with E-state index >= 15 is 0 Å². The summed E-state index contributed by atoms with van der Waals surface area (Å²) in [7, 11) is 1.95. The van der Waals surface area contributed by atoms with Crippen LogP contribution in [0.1, 0.15) is 42.5 Å². The second kappa shape index (κ2) is 5.80. The highest BCUT2D eigenvalue weighted by molar-refractivity contribution is 5.75. The molecule has 0 heterocycles. The number of carbonyl (C=O) groups excluding carboxylic acids is 1. The van der Waals surface area contributed by atoms with Crippen molar-refractivity contribution >= 4 is 5.78 Å². The maximum absolute atomic E-state index is 11.0.